The van der Waals surface area contributed by atoms with Crippen LogP contribution in [-0.4, -0.2) is 26.4 Å². The van der Waals surface area contributed by atoms with Gasteiger partial charge in [-0.1, -0.05) is 53.2 Å². The summed E-state index contributed by atoms with van der Waals surface area (Å²) in [7, 11) is 0. The summed E-state index contributed by atoms with van der Waals surface area (Å²) in [4.78, 5) is 12.5. The van der Waals surface area contributed by atoms with Crippen LogP contribution < -0.4 is 5.32 Å². The largest absolute Gasteiger partial charge is 0.467 e. The molecule has 4 rings (SSSR count). The Morgan fingerprint density at radius 2 is 1.97 bits per heavy atom. The molecule has 1 amide bonds. The Morgan fingerprint density at radius 3 is 2.74 bits per heavy atom. The summed E-state index contributed by atoms with van der Waals surface area (Å²) in [5, 5.41) is 12.9. The lowest BCUT2D eigenvalue weighted by Crippen LogP contribution is -2.15. The van der Waals surface area contributed by atoms with Crippen LogP contribution in [0.4, 0.5) is 5.69 Å². The lowest BCUT2D eigenvalue weighted by Gasteiger charge is -2.11. The van der Waals surface area contributed by atoms with Gasteiger partial charge in [0.05, 0.1) is 18.6 Å². The molecule has 2 aromatic carbocycles. The Kier molecular flexibility index (Phi) is 6.44. The van der Waals surface area contributed by atoms with Crippen LogP contribution in [0.1, 0.15) is 16.9 Å². The molecule has 0 aliphatic rings. The number of rotatable bonds is 7. The van der Waals surface area contributed by atoms with Crippen molar-refractivity contribution in [1.82, 2.24) is 14.8 Å². The van der Waals surface area contributed by atoms with Gasteiger partial charge in [-0.2, -0.15) is 0 Å². The highest BCUT2D eigenvalue weighted by molar-refractivity contribution is 7.99. The van der Waals surface area contributed by atoms with Crippen molar-refractivity contribution in [3.63, 3.8) is 0 Å². The zero-order valence-electron chi connectivity index (χ0n) is 17.1. The van der Waals surface area contributed by atoms with Crippen LogP contribution in [0.15, 0.2) is 70.4 Å². The van der Waals surface area contributed by atoms with Crippen LogP contribution in [0, 0.1) is 13.8 Å². The third-order valence-electron chi connectivity index (χ3n) is 4.76. The second-order valence-electron chi connectivity index (χ2n) is 7.09. The quantitative estimate of drug-likeness (QED) is 0.370. The summed E-state index contributed by atoms with van der Waals surface area (Å²) >= 11 is 7.47. The Balaban J connectivity index is 1.55. The number of aromatic nitrogens is 3. The predicted octanol–water partition coefficient (Wildman–Crippen LogP) is 5.59. The lowest BCUT2D eigenvalue weighted by molar-refractivity contribution is -0.113. The van der Waals surface area contributed by atoms with E-state index < -0.39 is 0 Å². The van der Waals surface area contributed by atoms with Crippen LogP contribution in [0.25, 0.3) is 11.4 Å². The molecule has 8 heteroatoms. The topological polar surface area (TPSA) is 73.0 Å². The van der Waals surface area contributed by atoms with Crippen molar-refractivity contribution in [2.45, 2.75) is 25.5 Å². The predicted molar refractivity (Wildman–Crippen MR) is 124 cm³/mol. The fourth-order valence-electron chi connectivity index (χ4n) is 3.15. The van der Waals surface area contributed by atoms with Gasteiger partial charge in [0.1, 0.15) is 5.76 Å². The summed E-state index contributed by atoms with van der Waals surface area (Å²) in [6, 6.07) is 17.3. The van der Waals surface area contributed by atoms with Crippen LogP contribution in [-0.2, 0) is 11.3 Å². The molecule has 4 aromatic rings. The molecule has 0 bridgehead atoms. The maximum absolute atomic E-state index is 12.5. The Hall–Kier alpha value is -3.03. The van der Waals surface area contributed by atoms with E-state index in [9.17, 15) is 4.79 Å². The average molecular weight is 453 g/mol. The van der Waals surface area contributed by atoms with Gasteiger partial charge in [-0.3, -0.25) is 9.36 Å². The number of aryl methyl sites for hydroxylation is 1. The monoisotopic (exact) mass is 452 g/mol. The molecule has 2 heterocycles. The fourth-order valence-corrected chi connectivity index (χ4v) is 4.07. The normalized spacial score (nSPS) is 10.9. The molecule has 0 aliphatic heterocycles. The van der Waals surface area contributed by atoms with Gasteiger partial charge in [-0.15, -0.1) is 10.2 Å². The number of benzene rings is 2. The number of nitrogens with zero attached hydrogens (tertiary/aromatic N) is 3. The Labute approximate surface area is 189 Å². The van der Waals surface area contributed by atoms with Crippen LogP contribution in [0.5, 0.6) is 0 Å². The molecule has 0 saturated heterocycles. The van der Waals surface area contributed by atoms with E-state index >= 15 is 0 Å². The number of hydrogen-bond donors (Lipinski definition) is 1. The minimum Gasteiger partial charge on any atom is -0.467 e. The van der Waals surface area contributed by atoms with Crippen molar-refractivity contribution in [2.24, 2.45) is 0 Å². The summed E-state index contributed by atoms with van der Waals surface area (Å²) < 4.78 is 7.50. The van der Waals surface area contributed by atoms with E-state index in [1.165, 1.54) is 11.8 Å². The second-order valence-corrected chi connectivity index (χ2v) is 8.44. The van der Waals surface area contributed by atoms with Gasteiger partial charge in [-0.25, -0.2) is 0 Å². The molecule has 6 nitrogen and oxygen atoms in total. The van der Waals surface area contributed by atoms with Gasteiger partial charge in [0, 0.05) is 16.3 Å². The number of anilines is 1. The van der Waals surface area contributed by atoms with E-state index in [4.69, 9.17) is 16.0 Å². The third-order valence-corrected chi connectivity index (χ3v) is 6.14. The molecule has 1 N–H and O–H groups in total. The Morgan fingerprint density at radius 1 is 1.13 bits per heavy atom. The molecular weight excluding hydrogens is 432 g/mol. The van der Waals surface area contributed by atoms with Gasteiger partial charge in [-0.05, 0) is 49.7 Å². The summed E-state index contributed by atoms with van der Waals surface area (Å²) in [6.07, 6.45) is 1.64. The van der Waals surface area contributed by atoms with Crippen molar-refractivity contribution < 1.29 is 9.21 Å². The van der Waals surface area contributed by atoms with Gasteiger partial charge in [0.15, 0.2) is 11.0 Å². The molecule has 158 valence electrons. The first kappa shape index (κ1) is 21.2. The number of hydrogen-bond acceptors (Lipinski definition) is 5. The smallest absolute Gasteiger partial charge is 0.234 e. The van der Waals surface area contributed by atoms with Gasteiger partial charge < -0.3 is 9.73 Å². The number of nitrogens with one attached hydrogen (secondary N) is 1. The van der Waals surface area contributed by atoms with E-state index in [1.807, 2.05) is 60.9 Å². The van der Waals surface area contributed by atoms with Crippen molar-refractivity contribution >= 4 is 35.0 Å². The second kappa shape index (κ2) is 9.41. The molecule has 0 radical (unpaired) electrons. The van der Waals surface area contributed by atoms with E-state index in [-0.39, 0.29) is 11.7 Å². The number of carbonyl (C=O) groups excluding carboxylic acids is 1. The minimum atomic E-state index is -0.139. The minimum absolute atomic E-state index is 0.139. The molecule has 0 spiro atoms. The fraction of sp³-hybridized carbons (Fsp3) is 0.174. The van der Waals surface area contributed by atoms with Crippen LogP contribution >= 0.6 is 23.4 Å². The molecule has 0 atom stereocenters. The van der Waals surface area contributed by atoms with Gasteiger partial charge >= 0.3 is 0 Å². The van der Waals surface area contributed by atoms with E-state index in [0.717, 1.165) is 28.3 Å². The Bertz CT molecular complexity index is 1200. The van der Waals surface area contributed by atoms with E-state index in [0.29, 0.717) is 22.4 Å². The molecule has 0 fully saturated rings. The molecule has 31 heavy (non-hydrogen) atoms. The van der Waals surface area contributed by atoms with Crippen molar-refractivity contribution in [3.05, 3.63) is 82.8 Å². The average Bonchev–Trinajstić information content (AvgIpc) is 3.40. The summed E-state index contributed by atoms with van der Waals surface area (Å²) in [6.45, 7) is 4.38. The number of thioether (sulfide) groups is 1. The van der Waals surface area contributed by atoms with Crippen LogP contribution in [0.2, 0.25) is 5.02 Å². The van der Waals surface area contributed by atoms with Crippen molar-refractivity contribution in [3.8, 4) is 11.4 Å². The van der Waals surface area contributed by atoms with Crippen LogP contribution in [0.3, 0.4) is 0 Å². The van der Waals surface area contributed by atoms with Crippen molar-refractivity contribution in [1.29, 1.82) is 0 Å². The standard InChI is InChI=1S/C23H21ClN4O2S/c1-15-6-3-7-17(12-15)22-26-27-23(28(22)13-18-8-5-11-30-18)31-14-21(29)25-20-10-4-9-19(24)16(20)2/h3-12H,13-14H2,1-2H3,(H,25,29). The zero-order valence-corrected chi connectivity index (χ0v) is 18.7. The first-order valence-electron chi connectivity index (χ1n) is 9.71. The van der Waals surface area contributed by atoms with E-state index in [1.54, 1.807) is 12.3 Å². The zero-order chi connectivity index (χ0) is 21.8. The molecule has 0 saturated carbocycles. The van der Waals surface area contributed by atoms with Crippen molar-refractivity contribution in [2.75, 3.05) is 11.1 Å². The first-order chi connectivity index (χ1) is 15.0. The maximum Gasteiger partial charge on any atom is 0.234 e. The number of furan rings is 1. The number of halogens is 1. The SMILES string of the molecule is Cc1cccc(-c2nnc(SCC(=O)Nc3cccc(Cl)c3C)n2Cc2ccco2)c1. The molecule has 0 aliphatic carbocycles. The number of amides is 1. The summed E-state index contributed by atoms with van der Waals surface area (Å²) in [5.41, 5.74) is 3.64. The molecular formula is C23H21ClN4O2S. The highest BCUT2D eigenvalue weighted by Crippen LogP contribution is 2.27. The summed E-state index contributed by atoms with van der Waals surface area (Å²) in [5.74, 6) is 1.57. The van der Waals surface area contributed by atoms with E-state index in [2.05, 4.69) is 21.6 Å². The van der Waals surface area contributed by atoms with Gasteiger partial charge in [0.25, 0.3) is 0 Å². The molecule has 0 unspecified atom stereocenters. The lowest BCUT2D eigenvalue weighted by atomic mass is 10.1. The highest BCUT2D eigenvalue weighted by atomic mass is 35.5. The highest BCUT2D eigenvalue weighted by Gasteiger charge is 2.17. The first-order valence-corrected chi connectivity index (χ1v) is 11.1. The number of carbonyl (C=O) groups is 1. The maximum atomic E-state index is 12.5. The molecule has 2 aromatic heterocycles. The van der Waals surface area contributed by atoms with Gasteiger partial charge in [0.2, 0.25) is 5.91 Å². The third kappa shape index (κ3) is 5.00.